The van der Waals surface area contributed by atoms with Crippen LogP contribution in [-0.2, 0) is 14.8 Å². The minimum Gasteiger partial charge on any atom is -0.354 e. The molecule has 0 spiro atoms. The maximum Gasteiger partial charge on any atom is 0.285 e. The van der Waals surface area contributed by atoms with Gasteiger partial charge in [-0.1, -0.05) is 30.7 Å². The highest BCUT2D eigenvalue weighted by molar-refractivity contribution is 8.00. The van der Waals surface area contributed by atoms with Crippen LogP contribution >= 0.6 is 11.6 Å². The Morgan fingerprint density at radius 2 is 1.85 bits per heavy atom. The van der Waals surface area contributed by atoms with E-state index in [2.05, 4.69) is 4.40 Å². The molecule has 1 aromatic carbocycles. The summed E-state index contributed by atoms with van der Waals surface area (Å²) < 4.78 is 29.4. The molecule has 1 saturated heterocycles. The lowest BCUT2D eigenvalue weighted by molar-refractivity contribution is -0.131. The average molecular weight is 410 g/mol. The van der Waals surface area contributed by atoms with Gasteiger partial charge in [-0.3, -0.25) is 4.79 Å². The number of carbonyl (C=O) groups excluding carboxylic acids is 1. The van der Waals surface area contributed by atoms with Crippen LogP contribution in [0.4, 0.5) is 0 Å². The van der Waals surface area contributed by atoms with E-state index in [9.17, 15) is 13.2 Å². The lowest BCUT2D eigenvalue weighted by Crippen LogP contribution is -2.37. The first-order chi connectivity index (χ1) is 12.8. The number of amides is 1. The molecule has 1 fully saturated rings. The summed E-state index contributed by atoms with van der Waals surface area (Å²) >= 11 is 5.92. The average Bonchev–Trinajstić information content (AvgIpc) is 2.79. The number of carbonyl (C=O) groups is 1. The molecular formula is C19H24ClN3O3S. The summed E-state index contributed by atoms with van der Waals surface area (Å²) in [7, 11) is -3.75. The number of benzene rings is 1. The topological polar surface area (TPSA) is 70.1 Å². The quantitative estimate of drug-likeness (QED) is 0.768. The third-order valence-corrected chi connectivity index (χ3v) is 6.58. The van der Waals surface area contributed by atoms with Crippen molar-refractivity contribution >= 4 is 38.3 Å². The lowest BCUT2D eigenvalue weighted by atomic mass is 10.1. The Balaban J connectivity index is 1.84. The first-order valence-electron chi connectivity index (χ1n) is 9.18. The fourth-order valence-corrected chi connectivity index (χ4v) is 5.14. The van der Waals surface area contributed by atoms with E-state index in [0.29, 0.717) is 54.6 Å². The Kier molecular flexibility index (Phi) is 5.91. The Bertz CT molecular complexity index is 891. The summed E-state index contributed by atoms with van der Waals surface area (Å²) in [5.74, 6) is 0.652. The molecule has 8 heteroatoms. The van der Waals surface area contributed by atoms with Gasteiger partial charge in [-0.25, -0.2) is 0 Å². The molecule has 3 rings (SSSR count). The Labute approximate surface area is 165 Å². The van der Waals surface area contributed by atoms with Crippen molar-refractivity contribution < 1.29 is 13.2 Å². The van der Waals surface area contributed by atoms with E-state index in [1.165, 1.54) is 0 Å². The number of rotatable bonds is 3. The largest absolute Gasteiger partial charge is 0.354 e. The van der Waals surface area contributed by atoms with Crippen LogP contribution in [0.1, 0.15) is 38.7 Å². The first kappa shape index (κ1) is 19.9. The van der Waals surface area contributed by atoms with E-state index in [-0.39, 0.29) is 10.8 Å². The van der Waals surface area contributed by atoms with Gasteiger partial charge < -0.3 is 9.80 Å². The number of amidine groups is 1. The van der Waals surface area contributed by atoms with Crippen molar-refractivity contribution in [2.24, 2.45) is 4.40 Å². The standard InChI is InChI=1S/C19H24ClN3O3S/c1-3-5-17(24)22-10-4-11-23(13-12-22)19-14(2)18(27(25,26)21-19)15-6-8-16(20)9-7-15/h6-9H,3-5,10-13H2,1-2H3. The van der Waals surface area contributed by atoms with Crippen LogP contribution in [0.5, 0.6) is 0 Å². The molecule has 0 unspecified atom stereocenters. The van der Waals surface area contributed by atoms with E-state index in [4.69, 9.17) is 11.6 Å². The monoisotopic (exact) mass is 409 g/mol. The maximum absolute atomic E-state index is 12.7. The molecule has 2 heterocycles. The molecule has 0 atom stereocenters. The maximum atomic E-state index is 12.7. The summed E-state index contributed by atoms with van der Waals surface area (Å²) in [6.45, 7) is 6.32. The number of hydrogen-bond acceptors (Lipinski definition) is 4. The van der Waals surface area contributed by atoms with Gasteiger partial charge in [0.25, 0.3) is 10.0 Å². The molecule has 1 aromatic rings. The second-order valence-electron chi connectivity index (χ2n) is 6.82. The molecule has 0 radical (unpaired) electrons. The van der Waals surface area contributed by atoms with Crippen LogP contribution in [0.2, 0.25) is 5.02 Å². The molecule has 27 heavy (non-hydrogen) atoms. The second kappa shape index (κ2) is 8.02. The van der Waals surface area contributed by atoms with Gasteiger partial charge in [0.15, 0.2) is 0 Å². The van der Waals surface area contributed by atoms with Crippen LogP contribution in [0.25, 0.3) is 4.91 Å². The highest BCUT2D eigenvalue weighted by Crippen LogP contribution is 2.34. The zero-order valence-corrected chi connectivity index (χ0v) is 17.2. The molecule has 2 aliphatic rings. The molecule has 0 N–H and O–H groups in total. The first-order valence-corrected chi connectivity index (χ1v) is 11.0. The van der Waals surface area contributed by atoms with Crippen molar-refractivity contribution in [3.63, 3.8) is 0 Å². The summed E-state index contributed by atoms with van der Waals surface area (Å²) in [6.07, 6.45) is 2.17. The summed E-state index contributed by atoms with van der Waals surface area (Å²) in [5, 5.41) is 0.554. The molecule has 6 nitrogen and oxygen atoms in total. The third kappa shape index (κ3) is 4.19. The van der Waals surface area contributed by atoms with Crippen molar-refractivity contribution in [1.82, 2.24) is 9.80 Å². The van der Waals surface area contributed by atoms with Gasteiger partial charge in [0.1, 0.15) is 10.7 Å². The van der Waals surface area contributed by atoms with Gasteiger partial charge in [-0.15, -0.1) is 4.40 Å². The second-order valence-corrected chi connectivity index (χ2v) is 8.80. The molecule has 1 amide bonds. The van der Waals surface area contributed by atoms with Crippen LogP contribution in [-0.4, -0.2) is 56.1 Å². The van der Waals surface area contributed by atoms with Gasteiger partial charge in [-0.05, 0) is 37.5 Å². The van der Waals surface area contributed by atoms with Crippen LogP contribution in [0.3, 0.4) is 0 Å². The van der Waals surface area contributed by atoms with E-state index in [1.807, 2.05) is 16.7 Å². The van der Waals surface area contributed by atoms with Crippen molar-refractivity contribution in [2.45, 2.75) is 33.1 Å². The summed E-state index contributed by atoms with van der Waals surface area (Å²) in [5.41, 5.74) is 1.23. The van der Waals surface area contributed by atoms with Crippen molar-refractivity contribution in [2.75, 3.05) is 26.2 Å². The number of hydrogen-bond donors (Lipinski definition) is 0. The van der Waals surface area contributed by atoms with Crippen LogP contribution in [0.15, 0.2) is 34.2 Å². The lowest BCUT2D eigenvalue weighted by Gasteiger charge is -2.23. The molecule has 0 aromatic heterocycles. The normalized spacial score (nSPS) is 19.9. The molecule has 0 saturated carbocycles. The van der Waals surface area contributed by atoms with Gasteiger partial charge in [0.2, 0.25) is 5.91 Å². The summed E-state index contributed by atoms with van der Waals surface area (Å²) in [6, 6.07) is 6.75. The Morgan fingerprint density at radius 3 is 2.52 bits per heavy atom. The Morgan fingerprint density at radius 1 is 1.15 bits per heavy atom. The smallest absolute Gasteiger partial charge is 0.285 e. The van der Waals surface area contributed by atoms with Crippen molar-refractivity contribution in [3.05, 3.63) is 40.4 Å². The van der Waals surface area contributed by atoms with E-state index >= 15 is 0 Å². The van der Waals surface area contributed by atoms with E-state index < -0.39 is 10.0 Å². The highest BCUT2D eigenvalue weighted by Gasteiger charge is 2.34. The minimum absolute atomic E-state index is 0.162. The van der Waals surface area contributed by atoms with Crippen LogP contribution in [0, 0.1) is 0 Å². The Hall–Kier alpha value is -1.86. The predicted octanol–water partition coefficient (Wildman–Crippen LogP) is 3.15. The SMILES string of the molecule is CCCC(=O)N1CCCN(C2=NS(=O)(=O)C(c3ccc(Cl)cc3)=C2C)CC1. The van der Waals surface area contributed by atoms with Gasteiger partial charge in [-0.2, -0.15) is 8.42 Å². The van der Waals surface area contributed by atoms with E-state index in [0.717, 1.165) is 12.8 Å². The molecule has 2 aliphatic heterocycles. The predicted molar refractivity (Wildman–Crippen MR) is 108 cm³/mol. The van der Waals surface area contributed by atoms with E-state index in [1.54, 1.807) is 31.2 Å². The van der Waals surface area contributed by atoms with Crippen molar-refractivity contribution in [1.29, 1.82) is 0 Å². The zero-order chi connectivity index (χ0) is 19.6. The molecule has 0 bridgehead atoms. The van der Waals surface area contributed by atoms with Crippen LogP contribution < -0.4 is 0 Å². The van der Waals surface area contributed by atoms with Crippen molar-refractivity contribution in [3.8, 4) is 0 Å². The number of nitrogens with zero attached hydrogens (tertiary/aromatic N) is 3. The highest BCUT2D eigenvalue weighted by atomic mass is 35.5. The molecule has 146 valence electrons. The fourth-order valence-electron chi connectivity index (χ4n) is 3.54. The fraction of sp³-hybridized carbons (Fsp3) is 0.474. The van der Waals surface area contributed by atoms with Gasteiger partial charge in [0.05, 0.1) is 0 Å². The molecule has 0 aliphatic carbocycles. The minimum atomic E-state index is -3.75. The number of sulfonamides is 1. The van der Waals surface area contributed by atoms with Gasteiger partial charge >= 0.3 is 0 Å². The van der Waals surface area contributed by atoms with Gasteiger partial charge in [0, 0.05) is 43.2 Å². The molecular weight excluding hydrogens is 386 g/mol. The zero-order valence-electron chi connectivity index (χ0n) is 15.6. The number of halogens is 1. The third-order valence-electron chi connectivity index (χ3n) is 4.86. The summed E-state index contributed by atoms with van der Waals surface area (Å²) in [4.78, 5) is 16.3.